The molecule has 0 spiro atoms. The van der Waals surface area contributed by atoms with Gasteiger partial charge in [0.05, 0.1) is 0 Å². The van der Waals surface area contributed by atoms with Gasteiger partial charge in [-0.1, -0.05) is 19.6 Å². The quantitative estimate of drug-likeness (QED) is 0.483. The smallest absolute Gasteiger partial charge is 0.0222 e. The molecule has 2 rings (SSSR count). The molecule has 0 N–H and O–H groups in total. The summed E-state index contributed by atoms with van der Waals surface area (Å²) >= 11 is 0. The lowest BCUT2D eigenvalue weighted by atomic mass is 9.96. The molecule has 0 radical (unpaired) electrons. The monoisotopic (exact) mass is 153 g/mol. The molecule has 0 unspecified atom stereocenters. The summed E-state index contributed by atoms with van der Waals surface area (Å²) in [6, 6.07) is 0. The molecule has 2 heterocycles. The molecule has 64 valence electrons. The van der Waals surface area contributed by atoms with Gasteiger partial charge in [0.25, 0.3) is 0 Å². The second kappa shape index (κ2) is 2.63. The van der Waals surface area contributed by atoms with E-state index >= 15 is 0 Å². The van der Waals surface area contributed by atoms with Crippen molar-refractivity contribution < 1.29 is 0 Å². The van der Waals surface area contributed by atoms with Crippen molar-refractivity contribution in [2.24, 2.45) is 0 Å². The zero-order valence-corrected chi connectivity index (χ0v) is 6.69. The van der Waals surface area contributed by atoms with Gasteiger partial charge < -0.3 is 0 Å². The number of hydrogen-bond acceptors (Lipinski definition) is 1. The van der Waals surface area contributed by atoms with Gasteiger partial charge >= 0.3 is 0 Å². The largest absolute Gasteiger partial charge is 0.294 e. The summed E-state index contributed by atoms with van der Waals surface area (Å²) in [4.78, 5) is 2.58. The molecule has 0 saturated carbocycles. The van der Waals surface area contributed by atoms with Crippen LogP contribution in [0.25, 0.3) is 0 Å². The van der Waals surface area contributed by atoms with E-state index in [1.807, 2.05) is 0 Å². The van der Waals surface area contributed by atoms with Gasteiger partial charge in [-0.05, 0) is 32.7 Å². The molecule has 0 aliphatic carbocycles. The van der Waals surface area contributed by atoms with E-state index in [9.17, 15) is 0 Å². The first-order chi connectivity index (χ1) is 4.71. The molecule has 1 atom stereocenters. The maximum absolute atomic E-state index is 4.04. The van der Waals surface area contributed by atoms with Gasteiger partial charge in [-0.15, -0.1) is 0 Å². The molecular formula is C10H19N. The van der Waals surface area contributed by atoms with Crippen molar-refractivity contribution in [2.75, 3.05) is 13.1 Å². The zero-order valence-electron chi connectivity index (χ0n) is 6.69. The average Bonchev–Trinajstić information content (AvgIpc) is 2.20. The van der Waals surface area contributed by atoms with Gasteiger partial charge in [-0.2, -0.15) is 0 Å². The summed E-state index contributed by atoms with van der Waals surface area (Å²) < 4.78 is 0. The molecule has 0 aromatic carbocycles. The van der Waals surface area contributed by atoms with Gasteiger partial charge in [0.1, 0.15) is 0 Å². The summed E-state index contributed by atoms with van der Waals surface area (Å²) in [5, 5.41) is 0. The SMILES string of the molecule is C.C=C1CN2CCC[C@@]2(C)C1. The van der Waals surface area contributed by atoms with E-state index in [-0.39, 0.29) is 7.43 Å². The number of nitrogens with zero attached hydrogens (tertiary/aromatic N) is 1. The maximum Gasteiger partial charge on any atom is 0.0222 e. The second-order valence-electron chi connectivity index (χ2n) is 3.95. The third-order valence-corrected chi connectivity index (χ3v) is 2.95. The Morgan fingerprint density at radius 1 is 1.55 bits per heavy atom. The molecule has 2 fully saturated rings. The van der Waals surface area contributed by atoms with Crippen LogP contribution in [0.15, 0.2) is 12.2 Å². The highest BCUT2D eigenvalue weighted by Gasteiger charge is 2.41. The highest BCUT2D eigenvalue weighted by Crippen LogP contribution is 2.39. The summed E-state index contributed by atoms with van der Waals surface area (Å²) in [6.45, 7) is 8.88. The van der Waals surface area contributed by atoms with Crippen molar-refractivity contribution in [3.63, 3.8) is 0 Å². The molecule has 11 heavy (non-hydrogen) atoms. The molecule has 1 nitrogen and oxygen atoms in total. The molecule has 2 saturated heterocycles. The summed E-state index contributed by atoms with van der Waals surface area (Å²) in [6.07, 6.45) is 4.02. The number of hydrogen-bond donors (Lipinski definition) is 0. The van der Waals surface area contributed by atoms with Crippen LogP contribution in [0.3, 0.4) is 0 Å². The minimum atomic E-state index is 0. The third kappa shape index (κ3) is 1.22. The van der Waals surface area contributed by atoms with Crippen molar-refractivity contribution in [3.8, 4) is 0 Å². The molecule has 2 aliphatic heterocycles. The fourth-order valence-corrected chi connectivity index (χ4v) is 2.41. The van der Waals surface area contributed by atoms with Crippen LogP contribution in [0.2, 0.25) is 0 Å². The minimum Gasteiger partial charge on any atom is -0.294 e. The predicted octanol–water partition coefficient (Wildman–Crippen LogP) is 2.44. The molecule has 1 heteroatoms. The van der Waals surface area contributed by atoms with E-state index in [4.69, 9.17) is 0 Å². The second-order valence-corrected chi connectivity index (χ2v) is 3.95. The van der Waals surface area contributed by atoms with E-state index in [0.717, 1.165) is 6.54 Å². The third-order valence-electron chi connectivity index (χ3n) is 2.95. The Morgan fingerprint density at radius 3 is 2.91 bits per heavy atom. The Kier molecular flexibility index (Phi) is 2.10. The van der Waals surface area contributed by atoms with Crippen molar-refractivity contribution in [1.29, 1.82) is 0 Å². The Bertz CT molecular complexity index is 174. The lowest BCUT2D eigenvalue weighted by molar-refractivity contribution is 0.218. The first-order valence-corrected chi connectivity index (χ1v) is 4.12. The fraction of sp³-hybridized carbons (Fsp3) is 0.800. The van der Waals surface area contributed by atoms with E-state index in [1.54, 1.807) is 0 Å². The number of rotatable bonds is 0. The first kappa shape index (κ1) is 8.79. The Balaban J connectivity index is 0.000000605. The van der Waals surface area contributed by atoms with Crippen LogP contribution in [0.4, 0.5) is 0 Å². The first-order valence-electron chi connectivity index (χ1n) is 4.12. The van der Waals surface area contributed by atoms with Crippen molar-refractivity contribution >= 4 is 0 Å². The highest BCUT2D eigenvalue weighted by molar-refractivity contribution is 5.15. The highest BCUT2D eigenvalue weighted by atomic mass is 15.2. The lowest BCUT2D eigenvalue weighted by Gasteiger charge is -2.25. The number of fused-ring (bicyclic) bond motifs is 1. The van der Waals surface area contributed by atoms with Crippen LogP contribution < -0.4 is 0 Å². The molecule has 0 aromatic rings. The normalized spacial score (nSPS) is 37.0. The van der Waals surface area contributed by atoms with Crippen LogP contribution in [-0.2, 0) is 0 Å². The van der Waals surface area contributed by atoms with Gasteiger partial charge in [-0.3, -0.25) is 4.90 Å². The van der Waals surface area contributed by atoms with Gasteiger partial charge in [0.2, 0.25) is 0 Å². The van der Waals surface area contributed by atoms with Gasteiger partial charge in [0, 0.05) is 12.1 Å². The standard InChI is InChI=1S/C9H15N.CH4/c1-8-6-9(2)4-3-5-10(9)7-8;/h1,3-7H2,2H3;1H4/t9-;/m0./s1. The Labute approximate surface area is 70.1 Å². The summed E-state index contributed by atoms with van der Waals surface area (Å²) in [5.74, 6) is 0. The van der Waals surface area contributed by atoms with E-state index in [1.165, 1.54) is 31.4 Å². The van der Waals surface area contributed by atoms with E-state index < -0.39 is 0 Å². The lowest BCUT2D eigenvalue weighted by Crippen LogP contribution is -2.34. The molecule has 0 amide bonds. The van der Waals surface area contributed by atoms with Crippen LogP contribution in [0.1, 0.15) is 33.6 Å². The van der Waals surface area contributed by atoms with E-state index in [2.05, 4.69) is 18.4 Å². The summed E-state index contributed by atoms with van der Waals surface area (Å²) in [5.41, 5.74) is 1.94. The molecule has 2 aliphatic rings. The van der Waals surface area contributed by atoms with Crippen LogP contribution >= 0.6 is 0 Å². The molecule has 0 aromatic heterocycles. The van der Waals surface area contributed by atoms with E-state index in [0.29, 0.717) is 5.54 Å². The van der Waals surface area contributed by atoms with Crippen molar-refractivity contribution in [3.05, 3.63) is 12.2 Å². The predicted molar refractivity (Wildman–Crippen MR) is 49.7 cm³/mol. The molecular weight excluding hydrogens is 134 g/mol. The van der Waals surface area contributed by atoms with Crippen molar-refractivity contribution in [1.82, 2.24) is 4.90 Å². The van der Waals surface area contributed by atoms with Gasteiger partial charge in [0.15, 0.2) is 0 Å². The van der Waals surface area contributed by atoms with Crippen LogP contribution in [0.5, 0.6) is 0 Å². The van der Waals surface area contributed by atoms with Crippen molar-refractivity contribution in [2.45, 2.75) is 39.2 Å². The maximum atomic E-state index is 4.04. The fourth-order valence-electron chi connectivity index (χ4n) is 2.41. The molecule has 0 bridgehead atoms. The summed E-state index contributed by atoms with van der Waals surface area (Å²) in [7, 11) is 0. The Morgan fingerprint density at radius 2 is 2.27 bits per heavy atom. The Hall–Kier alpha value is -0.300. The van der Waals surface area contributed by atoms with Crippen LogP contribution in [0, 0.1) is 0 Å². The average molecular weight is 153 g/mol. The minimum absolute atomic E-state index is 0. The van der Waals surface area contributed by atoms with Gasteiger partial charge in [-0.25, -0.2) is 0 Å². The van der Waals surface area contributed by atoms with Crippen LogP contribution in [-0.4, -0.2) is 23.5 Å². The topological polar surface area (TPSA) is 3.24 Å². The zero-order chi connectivity index (χ0) is 7.19.